The number of carbonyl (C=O) groups excluding carboxylic acids is 1. The molecule has 3 nitrogen and oxygen atoms in total. The summed E-state index contributed by atoms with van der Waals surface area (Å²) in [7, 11) is 1.87. The molecule has 1 aromatic carbocycles. The minimum Gasteiger partial charge on any atom is -0.341 e. The fraction of sp³-hybridized carbons (Fsp3) is 0.588. The topological polar surface area (TPSA) is 32.3 Å². The largest absolute Gasteiger partial charge is 0.341 e. The lowest BCUT2D eigenvalue weighted by Gasteiger charge is -2.21. The highest BCUT2D eigenvalue weighted by molar-refractivity contribution is 5.76. The highest BCUT2D eigenvalue weighted by Gasteiger charge is 2.13. The third-order valence-electron chi connectivity index (χ3n) is 3.43. The lowest BCUT2D eigenvalue weighted by atomic mass is 9.87. The van der Waals surface area contributed by atoms with Crippen molar-refractivity contribution in [2.24, 2.45) is 0 Å². The van der Waals surface area contributed by atoms with Crippen molar-refractivity contribution < 1.29 is 4.79 Å². The van der Waals surface area contributed by atoms with Crippen molar-refractivity contribution >= 4 is 5.91 Å². The van der Waals surface area contributed by atoms with E-state index in [4.69, 9.17) is 0 Å². The quantitative estimate of drug-likeness (QED) is 0.810. The first-order valence-corrected chi connectivity index (χ1v) is 7.38. The fourth-order valence-corrected chi connectivity index (χ4v) is 2.04. The maximum atomic E-state index is 11.9. The third kappa shape index (κ3) is 5.33. The van der Waals surface area contributed by atoms with Gasteiger partial charge in [0, 0.05) is 26.6 Å². The van der Waals surface area contributed by atoms with Gasteiger partial charge >= 0.3 is 0 Å². The second kappa shape index (κ2) is 7.44. The molecule has 0 bridgehead atoms. The summed E-state index contributed by atoms with van der Waals surface area (Å²) in [6.07, 6.45) is 0.560. The van der Waals surface area contributed by atoms with Crippen LogP contribution >= 0.6 is 0 Å². The van der Waals surface area contributed by atoms with Gasteiger partial charge in [0.15, 0.2) is 0 Å². The number of nitrogens with zero attached hydrogens (tertiary/aromatic N) is 1. The summed E-state index contributed by atoms with van der Waals surface area (Å²) < 4.78 is 0. The standard InChI is InChI=1S/C17H28N2O/c1-6-18-12-11-16(20)19(5)13-14-7-9-15(10-8-14)17(2,3)4/h7-10,18H,6,11-13H2,1-5H3. The van der Waals surface area contributed by atoms with Crippen LogP contribution in [0, 0.1) is 0 Å². The smallest absolute Gasteiger partial charge is 0.223 e. The van der Waals surface area contributed by atoms with Crippen LogP contribution in [0.4, 0.5) is 0 Å². The molecule has 0 aliphatic heterocycles. The van der Waals surface area contributed by atoms with Crippen molar-refractivity contribution in [2.45, 2.75) is 46.1 Å². The van der Waals surface area contributed by atoms with Crippen molar-refractivity contribution in [3.05, 3.63) is 35.4 Å². The molecular weight excluding hydrogens is 248 g/mol. The average Bonchev–Trinajstić information content (AvgIpc) is 2.38. The van der Waals surface area contributed by atoms with E-state index in [0.29, 0.717) is 13.0 Å². The second-order valence-corrected chi connectivity index (χ2v) is 6.30. The number of nitrogens with one attached hydrogen (secondary N) is 1. The fourth-order valence-electron chi connectivity index (χ4n) is 2.04. The van der Waals surface area contributed by atoms with E-state index in [1.54, 1.807) is 4.90 Å². The van der Waals surface area contributed by atoms with Gasteiger partial charge in [-0.3, -0.25) is 4.79 Å². The number of carbonyl (C=O) groups is 1. The van der Waals surface area contributed by atoms with Gasteiger partial charge in [0.05, 0.1) is 0 Å². The number of amides is 1. The van der Waals surface area contributed by atoms with E-state index in [9.17, 15) is 4.79 Å². The van der Waals surface area contributed by atoms with Crippen molar-refractivity contribution in [1.82, 2.24) is 10.2 Å². The summed E-state index contributed by atoms with van der Waals surface area (Å²) in [6.45, 7) is 11.0. The molecule has 0 atom stereocenters. The van der Waals surface area contributed by atoms with E-state index in [-0.39, 0.29) is 11.3 Å². The zero-order valence-corrected chi connectivity index (χ0v) is 13.5. The van der Waals surface area contributed by atoms with Crippen LogP contribution in [0.1, 0.15) is 45.2 Å². The molecule has 1 amide bonds. The second-order valence-electron chi connectivity index (χ2n) is 6.30. The van der Waals surface area contributed by atoms with Crippen LogP contribution in [0.3, 0.4) is 0 Å². The zero-order valence-electron chi connectivity index (χ0n) is 13.5. The lowest BCUT2D eigenvalue weighted by molar-refractivity contribution is -0.130. The lowest BCUT2D eigenvalue weighted by Crippen LogP contribution is -2.29. The first-order valence-electron chi connectivity index (χ1n) is 7.38. The maximum absolute atomic E-state index is 11.9. The Bertz CT molecular complexity index is 418. The molecule has 0 saturated heterocycles. The van der Waals surface area contributed by atoms with Crippen molar-refractivity contribution in [2.75, 3.05) is 20.1 Å². The zero-order chi connectivity index (χ0) is 15.2. The maximum Gasteiger partial charge on any atom is 0.223 e. The summed E-state index contributed by atoms with van der Waals surface area (Å²) in [5.41, 5.74) is 2.67. The Morgan fingerprint density at radius 1 is 1.20 bits per heavy atom. The van der Waals surface area contributed by atoms with E-state index in [0.717, 1.165) is 13.1 Å². The average molecular weight is 276 g/mol. The van der Waals surface area contributed by atoms with Crippen LogP contribution in [-0.4, -0.2) is 30.9 Å². The molecule has 0 aromatic heterocycles. The number of hydrogen-bond donors (Lipinski definition) is 1. The van der Waals surface area contributed by atoms with Crippen LogP contribution in [-0.2, 0) is 16.8 Å². The Labute approximate surface area is 123 Å². The molecule has 1 aromatic rings. The summed E-state index contributed by atoms with van der Waals surface area (Å²) >= 11 is 0. The van der Waals surface area contributed by atoms with Gasteiger partial charge in [-0.1, -0.05) is 52.0 Å². The molecule has 0 saturated carbocycles. The SMILES string of the molecule is CCNCCC(=O)N(C)Cc1ccc(C(C)(C)C)cc1. The normalized spacial score (nSPS) is 11.4. The van der Waals surface area contributed by atoms with Crippen molar-refractivity contribution in [3.63, 3.8) is 0 Å². The summed E-state index contributed by atoms with van der Waals surface area (Å²) in [4.78, 5) is 13.7. The van der Waals surface area contributed by atoms with E-state index in [2.05, 4.69) is 50.4 Å². The van der Waals surface area contributed by atoms with Gasteiger partial charge in [-0.2, -0.15) is 0 Å². The van der Waals surface area contributed by atoms with Crippen LogP contribution in [0.5, 0.6) is 0 Å². The van der Waals surface area contributed by atoms with Gasteiger partial charge in [0.1, 0.15) is 0 Å². The molecule has 0 aliphatic carbocycles. The van der Waals surface area contributed by atoms with Crippen LogP contribution in [0.2, 0.25) is 0 Å². The Morgan fingerprint density at radius 2 is 1.80 bits per heavy atom. The summed E-state index contributed by atoms with van der Waals surface area (Å²) in [6, 6.07) is 8.56. The predicted octanol–water partition coefficient (Wildman–Crippen LogP) is 2.94. The Kier molecular flexibility index (Phi) is 6.21. The number of rotatable bonds is 6. The summed E-state index contributed by atoms with van der Waals surface area (Å²) in [5, 5.41) is 3.17. The molecule has 112 valence electrons. The third-order valence-corrected chi connectivity index (χ3v) is 3.43. The van der Waals surface area contributed by atoms with Gasteiger partial charge in [-0.05, 0) is 23.1 Å². The van der Waals surface area contributed by atoms with E-state index >= 15 is 0 Å². The first kappa shape index (κ1) is 16.7. The molecule has 0 unspecified atom stereocenters. The highest BCUT2D eigenvalue weighted by Crippen LogP contribution is 2.22. The molecule has 1 N–H and O–H groups in total. The number of benzene rings is 1. The Morgan fingerprint density at radius 3 is 2.30 bits per heavy atom. The minimum atomic E-state index is 0.173. The molecular formula is C17H28N2O. The van der Waals surface area contributed by atoms with Crippen LogP contribution < -0.4 is 5.32 Å². The minimum absolute atomic E-state index is 0.173. The van der Waals surface area contributed by atoms with Gasteiger partial charge in [-0.15, -0.1) is 0 Å². The van der Waals surface area contributed by atoms with Crippen molar-refractivity contribution in [1.29, 1.82) is 0 Å². The number of hydrogen-bond acceptors (Lipinski definition) is 2. The molecule has 0 fully saturated rings. The van der Waals surface area contributed by atoms with Gasteiger partial charge < -0.3 is 10.2 Å². The highest BCUT2D eigenvalue weighted by atomic mass is 16.2. The monoisotopic (exact) mass is 276 g/mol. The molecule has 1 rings (SSSR count). The van der Waals surface area contributed by atoms with E-state index in [1.807, 2.05) is 14.0 Å². The van der Waals surface area contributed by atoms with Crippen LogP contribution in [0.15, 0.2) is 24.3 Å². The molecule has 3 heteroatoms. The van der Waals surface area contributed by atoms with E-state index in [1.165, 1.54) is 11.1 Å². The molecule has 0 spiro atoms. The molecule has 0 heterocycles. The Hall–Kier alpha value is -1.35. The summed E-state index contributed by atoms with van der Waals surface area (Å²) in [5.74, 6) is 0.186. The Balaban J connectivity index is 2.53. The van der Waals surface area contributed by atoms with Crippen LogP contribution in [0.25, 0.3) is 0 Å². The molecule has 20 heavy (non-hydrogen) atoms. The van der Waals surface area contributed by atoms with E-state index < -0.39 is 0 Å². The first-order chi connectivity index (χ1) is 9.34. The van der Waals surface area contributed by atoms with Gasteiger partial charge in [0.25, 0.3) is 0 Å². The molecule has 0 radical (unpaired) electrons. The van der Waals surface area contributed by atoms with Gasteiger partial charge in [0.2, 0.25) is 5.91 Å². The van der Waals surface area contributed by atoms with Gasteiger partial charge in [-0.25, -0.2) is 0 Å². The van der Waals surface area contributed by atoms with Crippen molar-refractivity contribution in [3.8, 4) is 0 Å². The predicted molar refractivity (Wildman–Crippen MR) is 84.8 cm³/mol. The molecule has 0 aliphatic rings.